The lowest BCUT2D eigenvalue weighted by molar-refractivity contribution is 0.0951. The second kappa shape index (κ2) is 9.45. The van der Waals surface area contributed by atoms with Crippen LogP contribution in [0.4, 0.5) is 5.69 Å². The predicted molar refractivity (Wildman–Crippen MR) is 117 cm³/mol. The molecule has 0 aromatic heterocycles. The molecule has 3 aromatic rings. The van der Waals surface area contributed by atoms with Gasteiger partial charge < -0.3 is 10.1 Å². The third-order valence-corrected chi connectivity index (χ3v) is 6.36. The fraction of sp³-hybridized carbons (Fsp3) is 0.174. The molecule has 1 amide bonds. The first-order valence-corrected chi connectivity index (χ1v) is 11.0. The van der Waals surface area contributed by atoms with Crippen molar-refractivity contribution in [1.29, 1.82) is 0 Å². The molecule has 0 aliphatic carbocycles. The van der Waals surface area contributed by atoms with Crippen molar-refractivity contribution in [3.63, 3.8) is 0 Å². The number of anilines is 1. The number of amides is 1. The van der Waals surface area contributed by atoms with Gasteiger partial charge in [-0.25, -0.2) is 8.42 Å². The summed E-state index contributed by atoms with van der Waals surface area (Å²) in [5, 5.41) is 2.85. The lowest BCUT2D eigenvalue weighted by Gasteiger charge is -2.22. The number of hydrogen-bond donors (Lipinski definition) is 1. The van der Waals surface area contributed by atoms with Gasteiger partial charge in [0, 0.05) is 13.6 Å². The van der Waals surface area contributed by atoms with E-state index in [-0.39, 0.29) is 16.4 Å². The van der Waals surface area contributed by atoms with Gasteiger partial charge in [0.25, 0.3) is 15.9 Å². The maximum absolute atomic E-state index is 13.0. The van der Waals surface area contributed by atoms with Crippen LogP contribution in [-0.2, 0) is 16.6 Å². The topological polar surface area (TPSA) is 75.7 Å². The standard InChI is InChI=1S/C23H24N2O4S/c1-3-29-19-15-13-18(14-16-19)17-24-23(26)21-11-7-8-12-22(21)25(2)30(27,28)20-9-5-4-6-10-20/h4-16H,3,17H2,1-2H3,(H,24,26). The molecule has 0 aliphatic rings. The monoisotopic (exact) mass is 424 g/mol. The Balaban J connectivity index is 1.78. The van der Waals surface area contributed by atoms with Gasteiger partial charge in [0.1, 0.15) is 5.75 Å². The zero-order valence-corrected chi connectivity index (χ0v) is 17.7. The smallest absolute Gasteiger partial charge is 0.264 e. The van der Waals surface area contributed by atoms with Crippen molar-refractivity contribution < 1.29 is 17.9 Å². The zero-order chi connectivity index (χ0) is 21.6. The second-order valence-electron chi connectivity index (χ2n) is 6.56. The minimum absolute atomic E-state index is 0.164. The van der Waals surface area contributed by atoms with Gasteiger partial charge in [0.15, 0.2) is 0 Å². The largest absolute Gasteiger partial charge is 0.494 e. The highest BCUT2D eigenvalue weighted by Gasteiger charge is 2.24. The summed E-state index contributed by atoms with van der Waals surface area (Å²) >= 11 is 0. The minimum atomic E-state index is -3.79. The van der Waals surface area contributed by atoms with Crippen molar-refractivity contribution in [2.45, 2.75) is 18.4 Å². The summed E-state index contributed by atoms with van der Waals surface area (Å²) in [6, 6.07) is 22.2. The van der Waals surface area contributed by atoms with Gasteiger partial charge in [-0.2, -0.15) is 0 Å². The summed E-state index contributed by atoms with van der Waals surface area (Å²) in [4.78, 5) is 13.0. The zero-order valence-electron chi connectivity index (χ0n) is 16.9. The Hall–Kier alpha value is -3.32. The fourth-order valence-corrected chi connectivity index (χ4v) is 4.20. The molecule has 3 aromatic carbocycles. The van der Waals surface area contributed by atoms with Crippen LogP contribution in [0.5, 0.6) is 5.75 Å². The van der Waals surface area contributed by atoms with Crippen LogP contribution in [0.25, 0.3) is 0 Å². The maximum atomic E-state index is 13.0. The molecule has 0 unspecified atom stereocenters. The lowest BCUT2D eigenvalue weighted by atomic mass is 10.1. The highest BCUT2D eigenvalue weighted by Crippen LogP contribution is 2.25. The number of para-hydroxylation sites is 1. The van der Waals surface area contributed by atoms with Crippen LogP contribution < -0.4 is 14.4 Å². The summed E-state index contributed by atoms with van der Waals surface area (Å²) in [5.74, 6) is 0.417. The lowest BCUT2D eigenvalue weighted by Crippen LogP contribution is -2.30. The van der Waals surface area contributed by atoms with Gasteiger partial charge in [0.05, 0.1) is 22.8 Å². The van der Waals surface area contributed by atoms with Crippen molar-refractivity contribution in [1.82, 2.24) is 5.32 Å². The first kappa shape index (κ1) is 21.4. The van der Waals surface area contributed by atoms with Gasteiger partial charge >= 0.3 is 0 Å². The van der Waals surface area contributed by atoms with Crippen LogP contribution in [0.1, 0.15) is 22.8 Å². The van der Waals surface area contributed by atoms with Gasteiger partial charge in [-0.15, -0.1) is 0 Å². The molecule has 0 heterocycles. The quantitative estimate of drug-likeness (QED) is 0.596. The molecule has 0 saturated heterocycles. The maximum Gasteiger partial charge on any atom is 0.264 e. The molecule has 1 N–H and O–H groups in total. The Kier molecular flexibility index (Phi) is 6.74. The Labute approximate surface area is 177 Å². The highest BCUT2D eigenvalue weighted by molar-refractivity contribution is 7.92. The van der Waals surface area contributed by atoms with E-state index in [9.17, 15) is 13.2 Å². The van der Waals surface area contributed by atoms with Gasteiger partial charge in [-0.05, 0) is 48.9 Å². The molecule has 0 saturated carbocycles. The number of sulfonamides is 1. The number of benzene rings is 3. The van der Waals surface area contributed by atoms with Crippen LogP contribution >= 0.6 is 0 Å². The predicted octanol–water partition coefficient (Wildman–Crippen LogP) is 3.84. The highest BCUT2D eigenvalue weighted by atomic mass is 32.2. The molecule has 0 bridgehead atoms. The molecule has 0 atom stereocenters. The van der Waals surface area contributed by atoms with E-state index in [1.165, 1.54) is 19.2 Å². The van der Waals surface area contributed by atoms with Gasteiger partial charge in [0.2, 0.25) is 0 Å². The normalized spacial score (nSPS) is 11.0. The molecule has 0 radical (unpaired) electrons. The van der Waals surface area contributed by atoms with Crippen LogP contribution in [0, 0.1) is 0 Å². The number of nitrogens with one attached hydrogen (secondary N) is 1. The van der Waals surface area contributed by atoms with Crippen molar-refractivity contribution in [3.8, 4) is 5.75 Å². The van der Waals surface area contributed by atoms with Gasteiger partial charge in [-0.1, -0.05) is 42.5 Å². The minimum Gasteiger partial charge on any atom is -0.494 e. The Bertz CT molecular complexity index is 1100. The number of hydrogen-bond acceptors (Lipinski definition) is 4. The van der Waals surface area contributed by atoms with E-state index in [2.05, 4.69) is 5.32 Å². The molecule has 6 nitrogen and oxygen atoms in total. The van der Waals surface area contributed by atoms with Crippen LogP contribution in [0.15, 0.2) is 83.8 Å². The van der Waals surface area contributed by atoms with E-state index >= 15 is 0 Å². The van der Waals surface area contributed by atoms with Crippen LogP contribution in [0.3, 0.4) is 0 Å². The number of carbonyl (C=O) groups is 1. The first-order chi connectivity index (χ1) is 14.4. The van der Waals surface area contributed by atoms with E-state index in [1.807, 2.05) is 31.2 Å². The molecular formula is C23H24N2O4S. The molecule has 30 heavy (non-hydrogen) atoms. The molecule has 156 valence electrons. The second-order valence-corrected chi connectivity index (χ2v) is 8.53. The van der Waals surface area contributed by atoms with Crippen molar-refractivity contribution >= 4 is 21.6 Å². The van der Waals surface area contributed by atoms with Gasteiger partial charge in [-0.3, -0.25) is 9.10 Å². The summed E-state index contributed by atoms with van der Waals surface area (Å²) in [6.45, 7) is 2.82. The number of rotatable bonds is 8. The Morgan fingerprint density at radius 2 is 1.57 bits per heavy atom. The third-order valence-electron chi connectivity index (χ3n) is 4.58. The van der Waals surface area contributed by atoms with E-state index in [0.29, 0.717) is 18.8 Å². The SMILES string of the molecule is CCOc1ccc(CNC(=O)c2ccccc2N(C)S(=O)(=O)c2ccccc2)cc1. The number of ether oxygens (including phenoxy) is 1. The summed E-state index contributed by atoms with van der Waals surface area (Å²) < 4.78 is 32.5. The molecule has 0 aliphatic heterocycles. The Morgan fingerprint density at radius 1 is 0.933 bits per heavy atom. The van der Waals surface area contributed by atoms with Crippen molar-refractivity contribution in [2.75, 3.05) is 18.0 Å². The summed E-state index contributed by atoms with van der Waals surface area (Å²) in [6.07, 6.45) is 0. The van der Waals surface area contributed by atoms with Crippen LogP contribution in [-0.4, -0.2) is 28.0 Å². The molecular weight excluding hydrogens is 400 g/mol. The van der Waals surface area contributed by atoms with Crippen LogP contribution in [0.2, 0.25) is 0 Å². The third kappa shape index (κ3) is 4.80. The summed E-state index contributed by atoms with van der Waals surface area (Å²) in [5.41, 5.74) is 1.51. The van der Waals surface area contributed by atoms with E-state index in [0.717, 1.165) is 15.6 Å². The number of carbonyl (C=O) groups excluding carboxylic acids is 1. The van der Waals surface area contributed by atoms with E-state index in [1.54, 1.807) is 42.5 Å². The van der Waals surface area contributed by atoms with Crippen molar-refractivity contribution in [2.24, 2.45) is 0 Å². The Morgan fingerprint density at radius 3 is 2.23 bits per heavy atom. The molecule has 0 spiro atoms. The molecule has 3 rings (SSSR count). The first-order valence-electron chi connectivity index (χ1n) is 9.56. The average Bonchev–Trinajstić information content (AvgIpc) is 2.78. The summed E-state index contributed by atoms with van der Waals surface area (Å²) in [7, 11) is -2.34. The van der Waals surface area contributed by atoms with Crippen molar-refractivity contribution in [3.05, 3.63) is 90.0 Å². The number of nitrogens with zero attached hydrogens (tertiary/aromatic N) is 1. The molecule has 0 fully saturated rings. The van der Waals surface area contributed by atoms with E-state index in [4.69, 9.17) is 4.74 Å². The van der Waals surface area contributed by atoms with E-state index < -0.39 is 10.0 Å². The average molecular weight is 425 g/mol. The molecule has 7 heteroatoms. The fourth-order valence-electron chi connectivity index (χ4n) is 2.97.